The second kappa shape index (κ2) is 6.54. The summed E-state index contributed by atoms with van der Waals surface area (Å²) in [5.74, 6) is 0.663. The summed E-state index contributed by atoms with van der Waals surface area (Å²) in [6, 6.07) is 8.63. The molecule has 90 valence electrons. The van der Waals surface area contributed by atoms with E-state index in [1.54, 1.807) is 0 Å². The van der Waals surface area contributed by atoms with Crippen LogP contribution in [0.4, 0.5) is 5.69 Å². The van der Waals surface area contributed by atoms with Gasteiger partial charge in [-0.2, -0.15) is 0 Å². The number of rotatable bonds is 6. The second-order valence-corrected chi connectivity index (χ2v) is 4.61. The summed E-state index contributed by atoms with van der Waals surface area (Å²) < 4.78 is 0. The summed E-state index contributed by atoms with van der Waals surface area (Å²) in [7, 11) is 0. The predicted octanol–water partition coefficient (Wildman–Crippen LogP) is 2.67. The highest BCUT2D eigenvalue weighted by Crippen LogP contribution is 2.21. The van der Waals surface area contributed by atoms with Gasteiger partial charge in [-0.3, -0.25) is 0 Å². The quantitative estimate of drug-likeness (QED) is 0.798. The average molecular weight is 220 g/mol. The maximum atomic E-state index is 5.69. The van der Waals surface area contributed by atoms with E-state index in [4.69, 9.17) is 5.73 Å². The lowest BCUT2D eigenvalue weighted by atomic mass is 10.1. The Hall–Kier alpha value is -1.02. The number of para-hydroxylation sites is 1. The zero-order valence-corrected chi connectivity index (χ0v) is 10.7. The summed E-state index contributed by atoms with van der Waals surface area (Å²) in [6.07, 6.45) is 1.08. The Morgan fingerprint density at radius 3 is 2.50 bits per heavy atom. The van der Waals surface area contributed by atoms with Crippen molar-refractivity contribution in [3.8, 4) is 0 Å². The lowest BCUT2D eigenvalue weighted by Gasteiger charge is -2.28. The lowest BCUT2D eigenvalue weighted by Crippen LogP contribution is -2.33. The molecule has 0 saturated heterocycles. The van der Waals surface area contributed by atoms with Gasteiger partial charge in [-0.05, 0) is 24.0 Å². The highest BCUT2D eigenvalue weighted by Gasteiger charge is 2.10. The van der Waals surface area contributed by atoms with Crippen molar-refractivity contribution in [3.63, 3.8) is 0 Å². The molecule has 0 spiro atoms. The van der Waals surface area contributed by atoms with Crippen LogP contribution >= 0.6 is 0 Å². The molecule has 0 atom stereocenters. The third-order valence-corrected chi connectivity index (χ3v) is 2.70. The number of nitrogens with two attached hydrogens (primary N) is 1. The van der Waals surface area contributed by atoms with Crippen molar-refractivity contribution in [1.29, 1.82) is 0 Å². The fraction of sp³-hybridized carbons (Fsp3) is 0.571. The van der Waals surface area contributed by atoms with Crippen LogP contribution in [0.25, 0.3) is 0 Å². The standard InChI is InChI=1S/C14H24N2/c1-4-13-7-5-6-8-14(13)16(10-9-15)11-12(2)3/h5-8,12H,4,9-11,15H2,1-3H3. The highest BCUT2D eigenvalue weighted by molar-refractivity contribution is 5.53. The molecule has 0 bridgehead atoms. The molecule has 1 aromatic carbocycles. The summed E-state index contributed by atoms with van der Waals surface area (Å²) in [6.45, 7) is 9.43. The van der Waals surface area contributed by atoms with Gasteiger partial charge in [-0.1, -0.05) is 39.0 Å². The summed E-state index contributed by atoms with van der Waals surface area (Å²) >= 11 is 0. The molecule has 0 saturated carbocycles. The van der Waals surface area contributed by atoms with Gasteiger partial charge in [0.1, 0.15) is 0 Å². The molecule has 2 heteroatoms. The van der Waals surface area contributed by atoms with E-state index in [0.717, 1.165) is 19.5 Å². The molecule has 0 amide bonds. The van der Waals surface area contributed by atoms with Crippen LogP contribution in [0.1, 0.15) is 26.3 Å². The number of hydrogen-bond donors (Lipinski definition) is 1. The average Bonchev–Trinajstić information content (AvgIpc) is 2.28. The number of nitrogens with zero attached hydrogens (tertiary/aromatic N) is 1. The first-order valence-corrected chi connectivity index (χ1v) is 6.22. The predicted molar refractivity (Wildman–Crippen MR) is 71.9 cm³/mol. The van der Waals surface area contributed by atoms with Crippen molar-refractivity contribution in [1.82, 2.24) is 0 Å². The Morgan fingerprint density at radius 1 is 1.25 bits per heavy atom. The van der Waals surface area contributed by atoms with Crippen molar-refractivity contribution in [2.24, 2.45) is 11.7 Å². The van der Waals surface area contributed by atoms with Gasteiger partial charge in [-0.15, -0.1) is 0 Å². The van der Waals surface area contributed by atoms with Gasteiger partial charge < -0.3 is 10.6 Å². The second-order valence-electron chi connectivity index (χ2n) is 4.61. The third kappa shape index (κ3) is 3.53. The first-order valence-electron chi connectivity index (χ1n) is 6.22. The highest BCUT2D eigenvalue weighted by atomic mass is 15.1. The van der Waals surface area contributed by atoms with Crippen LogP contribution in [0.5, 0.6) is 0 Å². The minimum atomic E-state index is 0.663. The number of anilines is 1. The molecule has 0 radical (unpaired) electrons. The first-order chi connectivity index (χ1) is 7.69. The van der Waals surface area contributed by atoms with Gasteiger partial charge in [0.25, 0.3) is 0 Å². The molecule has 0 fully saturated rings. The smallest absolute Gasteiger partial charge is 0.0399 e. The van der Waals surface area contributed by atoms with Crippen molar-refractivity contribution in [3.05, 3.63) is 29.8 Å². The Labute approximate surface area is 99.5 Å². The lowest BCUT2D eigenvalue weighted by molar-refractivity contribution is 0.610. The van der Waals surface area contributed by atoms with Crippen LogP contribution in [0.2, 0.25) is 0 Å². The van der Waals surface area contributed by atoms with E-state index >= 15 is 0 Å². The molecular weight excluding hydrogens is 196 g/mol. The van der Waals surface area contributed by atoms with Gasteiger partial charge in [0.15, 0.2) is 0 Å². The number of aryl methyl sites for hydroxylation is 1. The zero-order chi connectivity index (χ0) is 12.0. The molecule has 1 rings (SSSR count). The number of hydrogen-bond acceptors (Lipinski definition) is 2. The van der Waals surface area contributed by atoms with Crippen LogP contribution in [-0.2, 0) is 6.42 Å². The molecule has 1 aromatic rings. The zero-order valence-electron chi connectivity index (χ0n) is 10.7. The van der Waals surface area contributed by atoms with Gasteiger partial charge >= 0.3 is 0 Å². The molecular formula is C14H24N2. The number of benzene rings is 1. The molecule has 0 aromatic heterocycles. The van der Waals surface area contributed by atoms with E-state index in [1.165, 1.54) is 11.3 Å². The Morgan fingerprint density at radius 2 is 1.94 bits per heavy atom. The van der Waals surface area contributed by atoms with E-state index in [0.29, 0.717) is 12.5 Å². The molecule has 0 unspecified atom stereocenters. The van der Waals surface area contributed by atoms with Crippen LogP contribution in [0.15, 0.2) is 24.3 Å². The first kappa shape index (κ1) is 13.0. The van der Waals surface area contributed by atoms with E-state index in [2.05, 4.69) is 49.9 Å². The summed E-state index contributed by atoms with van der Waals surface area (Å²) in [5, 5.41) is 0. The molecule has 2 N–H and O–H groups in total. The van der Waals surface area contributed by atoms with Gasteiger partial charge in [0.05, 0.1) is 0 Å². The van der Waals surface area contributed by atoms with Gasteiger partial charge in [0.2, 0.25) is 0 Å². The molecule has 2 nitrogen and oxygen atoms in total. The van der Waals surface area contributed by atoms with Crippen molar-refractivity contribution < 1.29 is 0 Å². The van der Waals surface area contributed by atoms with Gasteiger partial charge in [0, 0.05) is 25.3 Å². The molecule has 0 aliphatic heterocycles. The third-order valence-electron chi connectivity index (χ3n) is 2.70. The molecule has 0 heterocycles. The van der Waals surface area contributed by atoms with Crippen LogP contribution in [0.3, 0.4) is 0 Å². The van der Waals surface area contributed by atoms with Crippen LogP contribution in [-0.4, -0.2) is 19.6 Å². The molecule has 16 heavy (non-hydrogen) atoms. The van der Waals surface area contributed by atoms with E-state index in [9.17, 15) is 0 Å². The van der Waals surface area contributed by atoms with E-state index in [-0.39, 0.29) is 0 Å². The van der Waals surface area contributed by atoms with Crippen molar-refractivity contribution in [2.75, 3.05) is 24.5 Å². The van der Waals surface area contributed by atoms with Crippen LogP contribution < -0.4 is 10.6 Å². The van der Waals surface area contributed by atoms with Gasteiger partial charge in [-0.25, -0.2) is 0 Å². The SMILES string of the molecule is CCc1ccccc1N(CCN)CC(C)C. The summed E-state index contributed by atoms with van der Waals surface area (Å²) in [4.78, 5) is 2.41. The maximum absolute atomic E-state index is 5.69. The van der Waals surface area contributed by atoms with E-state index < -0.39 is 0 Å². The fourth-order valence-corrected chi connectivity index (χ4v) is 2.02. The largest absolute Gasteiger partial charge is 0.370 e. The minimum Gasteiger partial charge on any atom is -0.370 e. The van der Waals surface area contributed by atoms with Crippen molar-refractivity contribution in [2.45, 2.75) is 27.2 Å². The Balaban J connectivity index is 2.90. The molecule has 0 aliphatic rings. The van der Waals surface area contributed by atoms with Crippen LogP contribution in [0, 0.1) is 5.92 Å². The summed E-state index contributed by atoms with van der Waals surface area (Å²) in [5.41, 5.74) is 8.46. The minimum absolute atomic E-state index is 0.663. The molecule has 0 aliphatic carbocycles. The monoisotopic (exact) mass is 220 g/mol. The topological polar surface area (TPSA) is 29.3 Å². The van der Waals surface area contributed by atoms with E-state index in [1.807, 2.05) is 0 Å². The fourth-order valence-electron chi connectivity index (χ4n) is 2.02. The maximum Gasteiger partial charge on any atom is 0.0399 e. The normalized spacial score (nSPS) is 10.8. The Bertz CT molecular complexity index is 307. The Kier molecular flexibility index (Phi) is 5.33. The van der Waals surface area contributed by atoms with Crippen molar-refractivity contribution >= 4 is 5.69 Å².